The molecule has 0 fully saturated rings. The first-order valence-corrected chi connectivity index (χ1v) is 12.7. The molecule has 1 N–H and O–H groups in total. The zero-order valence-electron chi connectivity index (χ0n) is 20.8. The zero-order valence-corrected chi connectivity index (χ0v) is 21.6. The van der Waals surface area contributed by atoms with Gasteiger partial charge in [-0.25, -0.2) is 0 Å². The molecule has 37 heavy (non-hydrogen) atoms. The molecule has 3 aromatic carbocycles. The molecule has 0 bridgehead atoms. The van der Waals surface area contributed by atoms with Gasteiger partial charge in [-0.15, -0.1) is 16.8 Å². The van der Waals surface area contributed by atoms with E-state index in [-0.39, 0.29) is 18.3 Å². The lowest BCUT2D eigenvalue weighted by molar-refractivity contribution is -0.113. The summed E-state index contributed by atoms with van der Waals surface area (Å²) in [5.41, 5.74) is 4.42. The summed E-state index contributed by atoms with van der Waals surface area (Å²) in [5, 5.41) is 20.5. The fraction of sp³-hybridized carbons (Fsp3) is 0.179. The fourth-order valence-corrected chi connectivity index (χ4v) is 4.18. The monoisotopic (exact) mass is 512 g/mol. The Kier molecular flexibility index (Phi) is 8.83. The number of ether oxygens (including phenoxy) is 1. The first-order valence-electron chi connectivity index (χ1n) is 11.7. The SMILES string of the molecule is C=CCn1c(COc2cccc(C)c2C)nnc1SCC(=O)Nc1ccc(N=Nc2ccccc2)cc1. The van der Waals surface area contributed by atoms with Crippen LogP contribution in [0.5, 0.6) is 5.75 Å². The van der Waals surface area contributed by atoms with Gasteiger partial charge in [0.05, 0.1) is 17.1 Å². The number of nitrogens with zero attached hydrogens (tertiary/aromatic N) is 5. The standard InChI is InChI=1S/C28H28N6O2S/c1-4-17-34-26(18-36-25-12-8-9-20(2)21(25)3)32-33-28(34)37-19-27(35)29-22-13-15-24(16-14-22)31-30-23-10-6-5-7-11-23/h4-16H,1,17-19H2,2-3H3,(H,29,35). The predicted octanol–water partition coefficient (Wildman–Crippen LogP) is 6.81. The van der Waals surface area contributed by atoms with Crippen molar-refractivity contribution < 1.29 is 9.53 Å². The summed E-state index contributed by atoms with van der Waals surface area (Å²) in [7, 11) is 0. The van der Waals surface area contributed by atoms with Crippen molar-refractivity contribution in [2.75, 3.05) is 11.1 Å². The van der Waals surface area contributed by atoms with Crippen LogP contribution in [0.4, 0.5) is 17.1 Å². The van der Waals surface area contributed by atoms with Crippen LogP contribution in [0, 0.1) is 13.8 Å². The van der Waals surface area contributed by atoms with Crippen molar-refractivity contribution in [3.8, 4) is 5.75 Å². The summed E-state index contributed by atoms with van der Waals surface area (Å²) in [4.78, 5) is 12.6. The van der Waals surface area contributed by atoms with Crippen molar-refractivity contribution in [3.05, 3.63) is 102 Å². The molecule has 1 aromatic heterocycles. The Morgan fingerprint density at radius 1 is 1.00 bits per heavy atom. The molecular weight excluding hydrogens is 484 g/mol. The quantitative estimate of drug-likeness (QED) is 0.135. The van der Waals surface area contributed by atoms with Crippen molar-refractivity contribution in [3.63, 3.8) is 0 Å². The minimum Gasteiger partial charge on any atom is -0.485 e. The van der Waals surface area contributed by atoms with Gasteiger partial charge >= 0.3 is 0 Å². The third-order valence-corrected chi connectivity index (χ3v) is 6.50. The van der Waals surface area contributed by atoms with Gasteiger partial charge in [0.15, 0.2) is 11.0 Å². The first-order chi connectivity index (χ1) is 18.0. The smallest absolute Gasteiger partial charge is 0.234 e. The highest BCUT2D eigenvalue weighted by Crippen LogP contribution is 2.24. The number of amides is 1. The lowest BCUT2D eigenvalue weighted by Gasteiger charge is -2.12. The van der Waals surface area contributed by atoms with Crippen molar-refractivity contribution in [1.82, 2.24) is 14.8 Å². The van der Waals surface area contributed by atoms with Crippen molar-refractivity contribution >= 4 is 34.7 Å². The summed E-state index contributed by atoms with van der Waals surface area (Å²) in [6.07, 6.45) is 1.77. The number of hydrogen-bond acceptors (Lipinski definition) is 7. The number of hydrogen-bond donors (Lipinski definition) is 1. The van der Waals surface area contributed by atoms with Gasteiger partial charge in [-0.2, -0.15) is 10.2 Å². The van der Waals surface area contributed by atoms with E-state index in [1.807, 2.05) is 66.9 Å². The summed E-state index contributed by atoms with van der Waals surface area (Å²) in [6, 6.07) is 22.7. The number of aryl methyl sites for hydroxylation is 1. The van der Waals surface area contributed by atoms with Crippen LogP contribution in [0.3, 0.4) is 0 Å². The molecule has 0 spiro atoms. The maximum atomic E-state index is 12.6. The lowest BCUT2D eigenvalue weighted by Crippen LogP contribution is -2.15. The second-order valence-electron chi connectivity index (χ2n) is 8.20. The number of carbonyl (C=O) groups excluding carboxylic acids is 1. The molecule has 1 heterocycles. The Bertz CT molecular complexity index is 1380. The van der Waals surface area contributed by atoms with Crippen LogP contribution < -0.4 is 10.1 Å². The van der Waals surface area contributed by atoms with Gasteiger partial charge in [-0.1, -0.05) is 48.2 Å². The van der Waals surface area contributed by atoms with Crippen molar-refractivity contribution in [2.24, 2.45) is 10.2 Å². The Balaban J connectivity index is 1.32. The maximum absolute atomic E-state index is 12.6. The van der Waals surface area contributed by atoms with Gasteiger partial charge in [-0.3, -0.25) is 9.36 Å². The van der Waals surface area contributed by atoms with E-state index in [1.54, 1.807) is 30.3 Å². The van der Waals surface area contributed by atoms with Crippen LogP contribution in [0.1, 0.15) is 17.0 Å². The van der Waals surface area contributed by atoms with E-state index in [4.69, 9.17) is 4.74 Å². The van der Waals surface area contributed by atoms with Gasteiger partial charge in [0.2, 0.25) is 5.91 Å². The number of carbonyl (C=O) groups is 1. The Morgan fingerprint density at radius 3 is 2.46 bits per heavy atom. The normalized spacial score (nSPS) is 11.0. The number of allylic oxidation sites excluding steroid dienone is 1. The van der Waals surface area contributed by atoms with E-state index in [1.165, 1.54) is 17.3 Å². The molecule has 4 aromatic rings. The Morgan fingerprint density at radius 2 is 1.73 bits per heavy atom. The largest absolute Gasteiger partial charge is 0.485 e. The number of thioether (sulfide) groups is 1. The van der Waals surface area contributed by atoms with E-state index in [2.05, 4.69) is 32.3 Å². The van der Waals surface area contributed by atoms with Crippen LogP contribution in [0.25, 0.3) is 0 Å². The van der Waals surface area contributed by atoms with Gasteiger partial charge in [0.1, 0.15) is 12.4 Å². The molecule has 0 radical (unpaired) electrons. The Hall–Kier alpha value is -4.24. The lowest BCUT2D eigenvalue weighted by atomic mass is 10.1. The number of aromatic nitrogens is 3. The molecule has 0 atom stereocenters. The highest BCUT2D eigenvalue weighted by molar-refractivity contribution is 7.99. The molecule has 0 saturated heterocycles. The molecule has 4 rings (SSSR count). The van der Waals surface area contributed by atoms with Crippen molar-refractivity contribution in [2.45, 2.75) is 32.2 Å². The minimum atomic E-state index is -0.148. The van der Waals surface area contributed by atoms with Crippen LogP contribution >= 0.6 is 11.8 Å². The van der Waals surface area contributed by atoms with Crippen LogP contribution in [-0.2, 0) is 17.9 Å². The number of anilines is 1. The number of rotatable bonds is 11. The van der Waals surface area contributed by atoms with Crippen molar-refractivity contribution in [1.29, 1.82) is 0 Å². The highest BCUT2D eigenvalue weighted by atomic mass is 32.2. The average molecular weight is 513 g/mol. The molecule has 8 nitrogen and oxygen atoms in total. The van der Waals surface area contributed by atoms with E-state index in [0.29, 0.717) is 28.9 Å². The summed E-state index contributed by atoms with van der Waals surface area (Å²) < 4.78 is 7.91. The number of benzene rings is 3. The highest BCUT2D eigenvalue weighted by Gasteiger charge is 2.15. The van der Waals surface area contributed by atoms with E-state index in [9.17, 15) is 4.79 Å². The van der Waals surface area contributed by atoms with Crippen LogP contribution in [-0.4, -0.2) is 26.4 Å². The van der Waals surface area contributed by atoms with Crippen LogP contribution in [0.15, 0.2) is 101 Å². The molecule has 188 valence electrons. The zero-order chi connectivity index (χ0) is 26.0. The molecule has 0 aliphatic carbocycles. The van der Waals surface area contributed by atoms with E-state index in [0.717, 1.165) is 17.0 Å². The molecule has 1 amide bonds. The van der Waals surface area contributed by atoms with E-state index < -0.39 is 0 Å². The van der Waals surface area contributed by atoms with Gasteiger partial charge in [-0.05, 0) is 67.4 Å². The molecule has 0 unspecified atom stereocenters. The summed E-state index contributed by atoms with van der Waals surface area (Å²) >= 11 is 1.31. The third-order valence-electron chi connectivity index (χ3n) is 5.54. The second-order valence-corrected chi connectivity index (χ2v) is 9.15. The molecule has 9 heteroatoms. The first kappa shape index (κ1) is 25.8. The molecule has 0 aliphatic rings. The molecule has 0 aliphatic heterocycles. The maximum Gasteiger partial charge on any atom is 0.234 e. The second kappa shape index (κ2) is 12.6. The predicted molar refractivity (Wildman–Crippen MR) is 147 cm³/mol. The fourth-order valence-electron chi connectivity index (χ4n) is 3.42. The molecular formula is C28H28N6O2S. The third kappa shape index (κ3) is 7.14. The molecule has 0 saturated carbocycles. The van der Waals surface area contributed by atoms with Gasteiger partial charge in [0.25, 0.3) is 0 Å². The number of nitrogens with one attached hydrogen (secondary N) is 1. The average Bonchev–Trinajstić information content (AvgIpc) is 3.30. The van der Waals surface area contributed by atoms with Gasteiger partial charge < -0.3 is 10.1 Å². The Labute approximate surface area is 220 Å². The van der Waals surface area contributed by atoms with E-state index >= 15 is 0 Å². The van der Waals surface area contributed by atoms with Gasteiger partial charge in [0, 0.05) is 12.2 Å². The topological polar surface area (TPSA) is 93.8 Å². The minimum absolute atomic E-state index is 0.148. The van der Waals surface area contributed by atoms with Crippen LogP contribution in [0.2, 0.25) is 0 Å². The summed E-state index contributed by atoms with van der Waals surface area (Å²) in [5.74, 6) is 1.52. The summed E-state index contributed by atoms with van der Waals surface area (Å²) in [6.45, 7) is 8.69. The number of azo groups is 1.